The van der Waals surface area contributed by atoms with Crippen LogP contribution in [0, 0.1) is 0 Å². The second-order valence-electron chi connectivity index (χ2n) is 7.58. The molecule has 0 saturated heterocycles. The Morgan fingerprint density at radius 3 is 2.05 bits per heavy atom. The molecule has 1 aliphatic carbocycles. The summed E-state index contributed by atoms with van der Waals surface area (Å²) < 4.78 is 0. The quantitative estimate of drug-likeness (QED) is 0.609. The Hall–Kier alpha value is -1.30. The molecular formula is C19H26. The lowest BCUT2D eigenvalue weighted by Crippen LogP contribution is -2.18. The molecule has 0 N–H and O–H groups in total. The standard InChI is InChI=1S/C19H26/c1-18(2,3)15-11-12-16(14-9-7-8-10-14)17(13-15)19(4,5)6/h7-9,11-13H,10H2,1-6H3. The zero-order valence-corrected chi connectivity index (χ0v) is 13.2. The van der Waals surface area contributed by atoms with Crippen LogP contribution in [0.1, 0.15) is 64.7 Å². The molecule has 102 valence electrons. The van der Waals surface area contributed by atoms with E-state index in [2.05, 4.69) is 78.0 Å². The summed E-state index contributed by atoms with van der Waals surface area (Å²) in [6, 6.07) is 7.03. The minimum atomic E-state index is 0.181. The summed E-state index contributed by atoms with van der Waals surface area (Å²) in [5, 5.41) is 0. The summed E-state index contributed by atoms with van der Waals surface area (Å²) in [5.74, 6) is 0. The van der Waals surface area contributed by atoms with Crippen molar-refractivity contribution in [2.45, 2.75) is 58.8 Å². The topological polar surface area (TPSA) is 0 Å². The van der Waals surface area contributed by atoms with Crippen LogP contribution in [0.5, 0.6) is 0 Å². The monoisotopic (exact) mass is 254 g/mol. The van der Waals surface area contributed by atoms with Crippen molar-refractivity contribution < 1.29 is 0 Å². The summed E-state index contributed by atoms with van der Waals surface area (Å²) in [6.45, 7) is 13.8. The minimum Gasteiger partial charge on any atom is -0.0801 e. The van der Waals surface area contributed by atoms with Gasteiger partial charge in [-0.2, -0.15) is 0 Å². The molecule has 0 unspecified atom stereocenters. The molecule has 1 aromatic carbocycles. The molecule has 0 aliphatic heterocycles. The average Bonchev–Trinajstić information content (AvgIpc) is 2.79. The predicted octanol–water partition coefficient (Wildman–Crippen LogP) is 5.62. The normalized spacial score (nSPS) is 15.8. The SMILES string of the molecule is CC(C)(C)c1ccc(C2=CC=CC2)c(C(C)(C)C)c1. The van der Waals surface area contributed by atoms with Crippen LogP contribution < -0.4 is 0 Å². The second kappa shape index (κ2) is 4.67. The molecule has 2 rings (SSSR count). The molecule has 0 heterocycles. The van der Waals surface area contributed by atoms with Gasteiger partial charge < -0.3 is 0 Å². The van der Waals surface area contributed by atoms with Crippen molar-refractivity contribution in [3.05, 3.63) is 53.1 Å². The van der Waals surface area contributed by atoms with Gasteiger partial charge in [-0.1, -0.05) is 78.0 Å². The summed E-state index contributed by atoms with van der Waals surface area (Å²) in [5.41, 5.74) is 6.15. The van der Waals surface area contributed by atoms with Crippen molar-refractivity contribution in [2.24, 2.45) is 0 Å². The summed E-state index contributed by atoms with van der Waals surface area (Å²) in [4.78, 5) is 0. The lowest BCUT2D eigenvalue weighted by Gasteiger charge is -2.28. The first kappa shape index (κ1) is 14.1. The Labute approximate surface area is 118 Å². The van der Waals surface area contributed by atoms with Gasteiger partial charge in [-0.25, -0.2) is 0 Å². The molecule has 19 heavy (non-hydrogen) atoms. The predicted molar refractivity (Wildman–Crippen MR) is 85.6 cm³/mol. The van der Waals surface area contributed by atoms with Gasteiger partial charge in [0.05, 0.1) is 0 Å². The van der Waals surface area contributed by atoms with E-state index in [-0.39, 0.29) is 10.8 Å². The Morgan fingerprint density at radius 2 is 1.58 bits per heavy atom. The third-order valence-electron chi connectivity index (χ3n) is 3.81. The van der Waals surface area contributed by atoms with Crippen LogP contribution in [0.3, 0.4) is 0 Å². The van der Waals surface area contributed by atoms with E-state index in [1.165, 1.54) is 22.3 Å². The van der Waals surface area contributed by atoms with Crippen molar-refractivity contribution in [3.63, 3.8) is 0 Å². The van der Waals surface area contributed by atoms with E-state index in [0.717, 1.165) is 6.42 Å². The van der Waals surface area contributed by atoms with Crippen molar-refractivity contribution in [1.29, 1.82) is 0 Å². The number of hydrogen-bond donors (Lipinski definition) is 0. The van der Waals surface area contributed by atoms with Crippen LogP contribution in [0.2, 0.25) is 0 Å². The van der Waals surface area contributed by atoms with Gasteiger partial charge in [-0.05, 0) is 39.5 Å². The zero-order valence-electron chi connectivity index (χ0n) is 13.2. The van der Waals surface area contributed by atoms with E-state index in [9.17, 15) is 0 Å². The number of rotatable bonds is 1. The van der Waals surface area contributed by atoms with Gasteiger partial charge in [0.25, 0.3) is 0 Å². The summed E-state index contributed by atoms with van der Waals surface area (Å²) in [7, 11) is 0. The Balaban J connectivity index is 2.56. The van der Waals surface area contributed by atoms with Gasteiger partial charge in [0.15, 0.2) is 0 Å². The van der Waals surface area contributed by atoms with E-state index in [4.69, 9.17) is 0 Å². The molecule has 1 aliphatic rings. The fourth-order valence-electron chi connectivity index (χ4n) is 2.56. The molecule has 0 bridgehead atoms. The molecule has 0 heteroatoms. The fourth-order valence-corrected chi connectivity index (χ4v) is 2.56. The van der Waals surface area contributed by atoms with Gasteiger partial charge in [0, 0.05) is 0 Å². The Bertz CT molecular complexity index is 528. The number of allylic oxidation sites excluding steroid dienone is 4. The van der Waals surface area contributed by atoms with Crippen LogP contribution in [0.4, 0.5) is 0 Å². The number of hydrogen-bond acceptors (Lipinski definition) is 0. The highest BCUT2D eigenvalue weighted by atomic mass is 14.3. The lowest BCUT2D eigenvalue weighted by molar-refractivity contribution is 0.567. The molecule has 0 spiro atoms. The maximum Gasteiger partial charge on any atom is -0.00883 e. The molecule has 0 saturated carbocycles. The summed E-state index contributed by atoms with van der Waals surface area (Å²) >= 11 is 0. The van der Waals surface area contributed by atoms with E-state index in [1.807, 2.05) is 0 Å². The van der Waals surface area contributed by atoms with Crippen LogP contribution in [-0.2, 0) is 10.8 Å². The van der Waals surface area contributed by atoms with E-state index >= 15 is 0 Å². The maximum absolute atomic E-state index is 2.41. The first-order chi connectivity index (χ1) is 8.69. The smallest absolute Gasteiger partial charge is 0.00883 e. The lowest BCUT2D eigenvalue weighted by atomic mass is 9.77. The van der Waals surface area contributed by atoms with E-state index < -0.39 is 0 Å². The average molecular weight is 254 g/mol. The van der Waals surface area contributed by atoms with E-state index in [0.29, 0.717) is 0 Å². The minimum absolute atomic E-state index is 0.181. The van der Waals surface area contributed by atoms with Crippen molar-refractivity contribution in [1.82, 2.24) is 0 Å². The fraction of sp³-hybridized carbons (Fsp3) is 0.474. The molecular weight excluding hydrogens is 228 g/mol. The Kier molecular flexibility index (Phi) is 3.47. The first-order valence-electron chi connectivity index (χ1n) is 7.21. The number of benzene rings is 1. The van der Waals surface area contributed by atoms with Crippen LogP contribution in [0.15, 0.2) is 36.4 Å². The molecule has 0 aromatic heterocycles. The third-order valence-corrected chi connectivity index (χ3v) is 3.81. The molecule has 1 aromatic rings. The van der Waals surface area contributed by atoms with Crippen LogP contribution in [0.25, 0.3) is 5.57 Å². The van der Waals surface area contributed by atoms with Gasteiger partial charge in [0.2, 0.25) is 0 Å². The van der Waals surface area contributed by atoms with Crippen LogP contribution >= 0.6 is 0 Å². The van der Waals surface area contributed by atoms with Gasteiger partial charge in [0.1, 0.15) is 0 Å². The van der Waals surface area contributed by atoms with Gasteiger partial charge >= 0.3 is 0 Å². The van der Waals surface area contributed by atoms with Crippen molar-refractivity contribution in [2.75, 3.05) is 0 Å². The molecule has 0 amide bonds. The van der Waals surface area contributed by atoms with Crippen LogP contribution in [-0.4, -0.2) is 0 Å². The first-order valence-corrected chi connectivity index (χ1v) is 7.21. The van der Waals surface area contributed by atoms with Crippen molar-refractivity contribution in [3.8, 4) is 0 Å². The highest BCUT2D eigenvalue weighted by Gasteiger charge is 2.23. The molecule has 0 radical (unpaired) electrons. The third kappa shape index (κ3) is 3.00. The zero-order chi connectivity index (χ0) is 14.3. The van der Waals surface area contributed by atoms with Gasteiger partial charge in [-0.15, -0.1) is 0 Å². The molecule has 0 atom stereocenters. The maximum atomic E-state index is 2.41. The van der Waals surface area contributed by atoms with Gasteiger partial charge in [-0.3, -0.25) is 0 Å². The Morgan fingerprint density at radius 1 is 0.895 bits per heavy atom. The highest BCUT2D eigenvalue weighted by molar-refractivity contribution is 5.74. The highest BCUT2D eigenvalue weighted by Crippen LogP contribution is 2.36. The molecule has 0 fully saturated rings. The summed E-state index contributed by atoms with van der Waals surface area (Å²) in [6.07, 6.45) is 7.72. The second-order valence-corrected chi connectivity index (χ2v) is 7.58. The molecule has 0 nitrogen and oxygen atoms in total. The largest absolute Gasteiger partial charge is 0.0801 e. The van der Waals surface area contributed by atoms with E-state index in [1.54, 1.807) is 0 Å². The van der Waals surface area contributed by atoms with Crippen molar-refractivity contribution >= 4 is 5.57 Å².